The molecule has 0 atom stereocenters. The molecule has 2 aromatic heterocycles. The van der Waals surface area contributed by atoms with Gasteiger partial charge in [0.15, 0.2) is 16.3 Å². The molecule has 0 unspecified atom stereocenters. The van der Waals surface area contributed by atoms with Crippen molar-refractivity contribution in [2.75, 3.05) is 6.79 Å². The highest BCUT2D eigenvalue weighted by Gasteiger charge is 2.17. The van der Waals surface area contributed by atoms with E-state index in [1.807, 2.05) is 12.1 Å². The maximum absolute atomic E-state index is 12.7. The van der Waals surface area contributed by atoms with Crippen molar-refractivity contribution in [3.63, 3.8) is 0 Å². The zero-order valence-corrected chi connectivity index (χ0v) is 12.2. The molecule has 0 bridgehead atoms. The second-order valence-corrected chi connectivity index (χ2v) is 5.32. The summed E-state index contributed by atoms with van der Waals surface area (Å²) in [5.41, 5.74) is 1.38. The van der Waals surface area contributed by atoms with Crippen LogP contribution in [-0.2, 0) is 6.54 Å². The number of hydrogen-bond donors (Lipinski definition) is 1. The van der Waals surface area contributed by atoms with E-state index in [9.17, 15) is 4.79 Å². The SMILES string of the molecule is O=c1c2cc3c(cc2[nH]c(=S)n1Cc1cccnc1)OCO3. The average Bonchev–Trinajstić information content (AvgIpc) is 2.98. The molecule has 0 saturated carbocycles. The third-order valence-corrected chi connectivity index (χ3v) is 3.86. The maximum atomic E-state index is 12.7. The van der Waals surface area contributed by atoms with Crippen molar-refractivity contribution in [2.45, 2.75) is 6.54 Å². The minimum Gasteiger partial charge on any atom is -0.454 e. The lowest BCUT2D eigenvalue weighted by Gasteiger charge is -2.08. The lowest BCUT2D eigenvalue weighted by Crippen LogP contribution is -2.22. The van der Waals surface area contributed by atoms with E-state index in [1.165, 1.54) is 4.57 Å². The number of rotatable bonds is 2. The highest BCUT2D eigenvalue weighted by molar-refractivity contribution is 7.71. The van der Waals surface area contributed by atoms with Crippen molar-refractivity contribution < 1.29 is 9.47 Å². The Kier molecular flexibility index (Phi) is 2.93. The highest BCUT2D eigenvalue weighted by atomic mass is 32.1. The summed E-state index contributed by atoms with van der Waals surface area (Å²) in [7, 11) is 0. The zero-order chi connectivity index (χ0) is 15.1. The van der Waals surface area contributed by atoms with Gasteiger partial charge >= 0.3 is 0 Å². The molecule has 6 nitrogen and oxygen atoms in total. The molecule has 1 aliphatic heterocycles. The number of nitrogens with zero attached hydrogens (tertiary/aromatic N) is 2. The molecular weight excluding hydrogens is 302 g/mol. The molecular formula is C15H11N3O3S. The largest absolute Gasteiger partial charge is 0.454 e. The molecule has 7 heteroatoms. The van der Waals surface area contributed by atoms with Gasteiger partial charge in [0.05, 0.1) is 17.4 Å². The van der Waals surface area contributed by atoms with Crippen molar-refractivity contribution >= 4 is 23.1 Å². The van der Waals surface area contributed by atoms with Gasteiger partial charge in [0.1, 0.15) is 0 Å². The van der Waals surface area contributed by atoms with Gasteiger partial charge in [0, 0.05) is 18.5 Å². The van der Waals surface area contributed by atoms with Crippen LogP contribution < -0.4 is 15.0 Å². The van der Waals surface area contributed by atoms with Gasteiger partial charge in [-0.05, 0) is 29.9 Å². The molecule has 22 heavy (non-hydrogen) atoms. The van der Waals surface area contributed by atoms with Gasteiger partial charge < -0.3 is 14.5 Å². The number of ether oxygens (including phenoxy) is 2. The fourth-order valence-corrected chi connectivity index (χ4v) is 2.72. The molecule has 1 aromatic carbocycles. The van der Waals surface area contributed by atoms with Crippen LogP contribution in [-0.4, -0.2) is 21.3 Å². The lowest BCUT2D eigenvalue weighted by atomic mass is 10.2. The van der Waals surface area contributed by atoms with Crippen LogP contribution in [0.5, 0.6) is 11.5 Å². The number of H-pyrrole nitrogens is 1. The van der Waals surface area contributed by atoms with E-state index in [1.54, 1.807) is 24.5 Å². The molecule has 1 N–H and O–H groups in total. The molecule has 0 radical (unpaired) electrons. The number of fused-ring (bicyclic) bond motifs is 2. The second-order valence-electron chi connectivity index (χ2n) is 4.93. The molecule has 1 aliphatic rings. The van der Waals surface area contributed by atoms with Crippen LogP contribution in [0.4, 0.5) is 0 Å². The quantitative estimate of drug-likeness (QED) is 0.735. The molecule has 0 spiro atoms. The van der Waals surface area contributed by atoms with Crippen LogP contribution in [0.15, 0.2) is 41.5 Å². The van der Waals surface area contributed by atoms with Gasteiger partial charge in [-0.3, -0.25) is 14.3 Å². The average molecular weight is 313 g/mol. The summed E-state index contributed by atoms with van der Waals surface area (Å²) in [5.74, 6) is 1.19. The van der Waals surface area contributed by atoms with Crippen molar-refractivity contribution in [3.05, 3.63) is 57.3 Å². The van der Waals surface area contributed by atoms with Crippen molar-refractivity contribution in [2.24, 2.45) is 0 Å². The van der Waals surface area contributed by atoms with E-state index < -0.39 is 0 Å². The van der Waals surface area contributed by atoms with Gasteiger partial charge in [-0.15, -0.1) is 0 Å². The van der Waals surface area contributed by atoms with Crippen LogP contribution in [0.1, 0.15) is 5.56 Å². The maximum Gasteiger partial charge on any atom is 0.262 e. The summed E-state index contributed by atoms with van der Waals surface area (Å²) < 4.78 is 12.5. The van der Waals surface area contributed by atoms with Crippen LogP contribution >= 0.6 is 12.2 Å². The Morgan fingerprint density at radius 1 is 1.32 bits per heavy atom. The third kappa shape index (κ3) is 2.06. The molecule has 4 rings (SSSR count). The van der Waals surface area contributed by atoms with E-state index in [-0.39, 0.29) is 12.4 Å². The summed E-state index contributed by atoms with van der Waals surface area (Å²) in [6, 6.07) is 7.15. The Balaban J connectivity index is 1.91. The Labute approximate surface area is 130 Å². The van der Waals surface area contributed by atoms with E-state index in [0.717, 1.165) is 5.56 Å². The monoisotopic (exact) mass is 313 g/mol. The first kappa shape index (κ1) is 13.0. The summed E-state index contributed by atoms with van der Waals surface area (Å²) in [5, 5.41) is 0.516. The third-order valence-electron chi connectivity index (χ3n) is 3.54. The first-order valence-electron chi connectivity index (χ1n) is 6.68. The van der Waals surface area contributed by atoms with Gasteiger partial charge in [0.25, 0.3) is 5.56 Å². The van der Waals surface area contributed by atoms with Crippen LogP contribution in [0.3, 0.4) is 0 Å². The van der Waals surface area contributed by atoms with Crippen LogP contribution in [0.2, 0.25) is 0 Å². The number of aromatic amines is 1. The summed E-state index contributed by atoms with van der Waals surface area (Å²) >= 11 is 5.31. The molecule has 0 saturated heterocycles. The predicted octanol–water partition coefficient (Wildman–Crippen LogP) is 2.23. The van der Waals surface area contributed by atoms with Gasteiger partial charge in [-0.1, -0.05) is 6.07 Å². The number of pyridine rings is 1. The Morgan fingerprint density at radius 3 is 2.91 bits per heavy atom. The molecule has 110 valence electrons. The fraction of sp³-hybridized carbons (Fsp3) is 0.133. The van der Waals surface area contributed by atoms with E-state index in [4.69, 9.17) is 21.7 Å². The molecule has 3 aromatic rings. The lowest BCUT2D eigenvalue weighted by molar-refractivity contribution is 0.174. The summed E-state index contributed by atoms with van der Waals surface area (Å²) in [6.45, 7) is 0.530. The van der Waals surface area contributed by atoms with Crippen LogP contribution in [0, 0.1) is 4.77 Å². The van der Waals surface area contributed by atoms with Crippen molar-refractivity contribution in [1.82, 2.24) is 14.5 Å². The van der Waals surface area contributed by atoms with Crippen molar-refractivity contribution in [1.29, 1.82) is 0 Å². The van der Waals surface area contributed by atoms with Crippen molar-refractivity contribution in [3.8, 4) is 11.5 Å². The number of hydrogen-bond acceptors (Lipinski definition) is 5. The van der Waals surface area contributed by atoms with E-state index in [2.05, 4.69) is 9.97 Å². The minimum absolute atomic E-state index is 0.163. The minimum atomic E-state index is -0.166. The Hall–Kier alpha value is -2.67. The van der Waals surface area contributed by atoms with E-state index in [0.29, 0.717) is 33.7 Å². The van der Waals surface area contributed by atoms with Crippen LogP contribution in [0.25, 0.3) is 10.9 Å². The smallest absolute Gasteiger partial charge is 0.262 e. The summed E-state index contributed by atoms with van der Waals surface area (Å²) in [4.78, 5) is 19.8. The normalized spacial score (nSPS) is 12.7. The number of aromatic nitrogens is 3. The Morgan fingerprint density at radius 2 is 2.14 bits per heavy atom. The Bertz CT molecular complexity index is 979. The number of nitrogens with one attached hydrogen (secondary N) is 1. The highest BCUT2D eigenvalue weighted by Crippen LogP contribution is 2.34. The first-order chi connectivity index (χ1) is 10.7. The molecule has 3 heterocycles. The molecule has 0 aliphatic carbocycles. The standard InChI is InChI=1S/C15H11N3O3S/c19-14-10-4-12-13(21-8-20-12)5-11(10)17-15(22)18(14)7-9-2-1-3-16-6-9/h1-6H,7-8H2,(H,17,22). The zero-order valence-electron chi connectivity index (χ0n) is 11.4. The van der Waals surface area contributed by atoms with Gasteiger partial charge in [0.2, 0.25) is 6.79 Å². The molecule has 0 amide bonds. The predicted molar refractivity (Wildman–Crippen MR) is 82.9 cm³/mol. The van der Waals surface area contributed by atoms with Gasteiger partial charge in [-0.25, -0.2) is 0 Å². The van der Waals surface area contributed by atoms with E-state index >= 15 is 0 Å². The summed E-state index contributed by atoms with van der Waals surface area (Å²) in [6.07, 6.45) is 3.40. The fourth-order valence-electron chi connectivity index (χ4n) is 2.46. The second kappa shape index (κ2) is 4.96. The molecule has 0 fully saturated rings. The number of benzene rings is 1. The topological polar surface area (TPSA) is 69.1 Å². The van der Waals surface area contributed by atoms with Gasteiger partial charge in [-0.2, -0.15) is 0 Å². The first-order valence-corrected chi connectivity index (χ1v) is 7.08.